The van der Waals surface area contributed by atoms with Crippen LogP contribution in [0.25, 0.3) is 0 Å². The van der Waals surface area contributed by atoms with Crippen molar-refractivity contribution < 1.29 is 4.74 Å². The van der Waals surface area contributed by atoms with E-state index in [0.29, 0.717) is 0 Å². The van der Waals surface area contributed by atoms with Gasteiger partial charge < -0.3 is 15.4 Å². The molecule has 2 rings (SSSR count). The van der Waals surface area contributed by atoms with E-state index in [-0.39, 0.29) is 41.0 Å². The molecule has 2 unspecified atom stereocenters. The van der Waals surface area contributed by atoms with Crippen LogP contribution < -0.4 is 5.73 Å². The van der Waals surface area contributed by atoms with E-state index in [4.69, 9.17) is 15.5 Å². The van der Waals surface area contributed by atoms with Crippen LogP contribution >= 0.6 is 24.0 Å². The van der Waals surface area contributed by atoms with Crippen LogP contribution in [0.3, 0.4) is 0 Å². The first-order valence-electron chi connectivity index (χ1n) is 7.43. The fourth-order valence-corrected chi connectivity index (χ4v) is 3.14. The van der Waals surface area contributed by atoms with Crippen LogP contribution in [0.1, 0.15) is 47.0 Å². The van der Waals surface area contributed by atoms with Gasteiger partial charge in [-0.05, 0) is 32.1 Å². The van der Waals surface area contributed by atoms with Gasteiger partial charge in [0.15, 0.2) is 5.96 Å². The molecule has 0 bridgehead atoms. The molecule has 1 saturated carbocycles. The molecule has 2 N–H and O–H groups in total. The van der Waals surface area contributed by atoms with Crippen molar-refractivity contribution in [3.8, 4) is 0 Å². The van der Waals surface area contributed by atoms with E-state index < -0.39 is 0 Å². The highest BCUT2D eigenvalue weighted by Crippen LogP contribution is 2.53. The molecule has 4 nitrogen and oxygen atoms in total. The normalized spacial score (nSPS) is 34.4. The Balaban J connectivity index is 0.00000200. The van der Waals surface area contributed by atoms with Gasteiger partial charge in [-0.25, -0.2) is 4.99 Å². The Kier molecular flexibility index (Phi) is 5.75. The molecule has 1 aliphatic carbocycles. The number of rotatable bonds is 2. The van der Waals surface area contributed by atoms with Gasteiger partial charge >= 0.3 is 0 Å². The van der Waals surface area contributed by atoms with Crippen molar-refractivity contribution in [1.29, 1.82) is 0 Å². The van der Waals surface area contributed by atoms with Gasteiger partial charge in [-0.15, -0.1) is 24.0 Å². The summed E-state index contributed by atoms with van der Waals surface area (Å²) < 4.78 is 5.64. The zero-order valence-electron chi connectivity index (χ0n) is 13.5. The third-order valence-corrected chi connectivity index (χ3v) is 5.63. The Morgan fingerprint density at radius 1 is 1.25 bits per heavy atom. The number of halogens is 1. The predicted molar refractivity (Wildman–Crippen MR) is 94.6 cm³/mol. The first kappa shape index (κ1) is 18.0. The number of nitrogens with two attached hydrogens (primary N) is 1. The zero-order chi connectivity index (χ0) is 14.3. The fraction of sp³-hybridized carbons (Fsp3) is 0.933. The van der Waals surface area contributed by atoms with Gasteiger partial charge in [-0.2, -0.15) is 0 Å². The highest BCUT2D eigenvalue weighted by molar-refractivity contribution is 14.0. The van der Waals surface area contributed by atoms with Crippen LogP contribution in [0.15, 0.2) is 4.99 Å². The van der Waals surface area contributed by atoms with Gasteiger partial charge in [0.25, 0.3) is 0 Å². The number of piperidine rings is 1. The summed E-state index contributed by atoms with van der Waals surface area (Å²) in [4.78, 5) is 7.00. The molecule has 1 aliphatic heterocycles. The van der Waals surface area contributed by atoms with Gasteiger partial charge in [-0.1, -0.05) is 20.8 Å². The van der Waals surface area contributed by atoms with Crippen molar-refractivity contribution in [3.05, 3.63) is 0 Å². The summed E-state index contributed by atoms with van der Waals surface area (Å²) in [6, 6.07) is 0.275. The largest absolute Gasteiger partial charge is 0.378 e. The molecular formula is C15H30IN3O. The van der Waals surface area contributed by atoms with Gasteiger partial charge in [0.05, 0.1) is 11.6 Å². The molecule has 2 fully saturated rings. The average molecular weight is 395 g/mol. The lowest BCUT2D eigenvalue weighted by Crippen LogP contribution is -2.63. The van der Waals surface area contributed by atoms with Crippen LogP contribution in [0.4, 0.5) is 0 Å². The molecular weight excluding hydrogens is 365 g/mol. The number of methoxy groups -OCH3 is 1. The molecule has 1 saturated heterocycles. The second kappa shape index (κ2) is 6.38. The van der Waals surface area contributed by atoms with E-state index in [1.165, 1.54) is 12.8 Å². The molecule has 0 radical (unpaired) electrons. The maximum absolute atomic E-state index is 6.19. The molecule has 2 atom stereocenters. The zero-order valence-corrected chi connectivity index (χ0v) is 15.8. The monoisotopic (exact) mass is 395 g/mol. The molecule has 118 valence electrons. The van der Waals surface area contributed by atoms with Crippen molar-refractivity contribution in [1.82, 2.24) is 4.90 Å². The number of hydrogen-bond donors (Lipinski definition) is 1. The minimum absolute atomic E-state index is 0. The van der Waals surface area contributed by atoms with E-state index in [1.54, 1.807) is 7.11 Å². The second-order valence-electron chi connectivity index (χ2n) is 7.03. The number of hydrogen-bond acceptors (Lipinski definition) is 2. The molecule has 1 heterocycles. The molecule has 0 aromatic carbocycles. The quantitative estimate of drug-likeness (QED) is 0.445. The Hall–Kier alpha value is -0.0400. The first-order chi connectivity index (χ1) is 8.80. The molecule has 5 heteroatoms. The van der Waals surface area contributed by atoms with Crippen molar-refractivity contribution in [3.63, 3.8) is 0 Å². The van der Waals surface area contributed by atoms with Crippen LogP contribution in [0.5, 0.6) is 0 Å². The third-order valence-electron chi connectivity index (χ3n) is 5.63. The molecule has 0 amide bonds. The summed E-state index contributed by atoms with van der Waals surface area (Å²) in [6.45, 7) is 11.0. The number of likely N-dealkylation sites (tertiary alicyclic amines) is 1. The van der Waals surface area contributed by atoms with Gasteiger partial charge in [0.1, 0.15) is 0 Å². The van der Waals surface area contributed by atoms with Gasteiger partial charge in [-0.3, -0.25) is 0 Å². The maximum atomic E-state index is 6.19. The molecule has 0 aromatic heterocycles. The van der Waals surface area contributed by atoms with Crippen LogP contribution in [-0.4, -0.2) is 42.7 Å². The molecule has 2 aliphatic rings. The van der Waals surface area contributed by atoms with Gasteiger partial charge in [0.2, 0.25) is 0 Å². The Morgan fingerprint density at radius 3 is 2.25 bits per heavy atom. The van der Waals surface area contributed by atoms with E-state index in [2.05, 4.69) is 32.6 Å². The number of ether oxygens (including phenoxy) is 1. The Labute approximate surface area is 140 Å². The Bertz CT molecular complexity index is 364. The standard InChI is InChI=1S/C15H29N3O.HI/c1-11-6-8-18(9-7-11)13(16)17-12-10-15(4,19-5)14(12,2)3;/h11-12H,6-10H2,1-5H3,(H2,16,17);1H. The van der Waals surface area contributed by atoms with Crippen molar-refractivity contribution in [2.24, 2.45) is 22.1 Å². The van der Waals surface area contributed by atoms with E-state index in [0.717, 1.165) is 31.4 Å². The molecule has 20 heavy (non-hydrogen) atoms. The lowest BCUT2D eigenvalue weighted by Gasteiger charge is -2.57. The van der Waals surface area contributed by atoms with E-state index in [9.17, 15) is 0 Å². The summed E-state index contributed by atoms with van der Waals surface area (Å²) in [5.74, 6) is 1.55. The average Bonchev–Trinajstić information content (AvgIpc) is 2.38. The smallest absolute Gasteiger partial charge is 0.191 e. The lowest BCUT2D eigenvalue weighted by molar-refractivity contribution is -0.171. The van der Waals surface area contributed by atoms with E-state index >= 15 is 0 Å². The maximum Gasteiger partial charge on any atom is 0.191 e. The van der Waals surface area contributed by atoms with Crippen molar-refractivity contribution in [2.75, 3.05) is 20.2 Å². The number of guanidine groups is 1. The lowest BCUT2D eigenvalue weighted by atomic mass is 9.56. The Morgan fingerprint density at radius 2 is 1.80 bits per heavy atom. The molecule has 0 aromatic rings. The third kappa shape index (κ3) is 3.08. The number of nitrogens with zero attached hydrogens (tertiary/aromatic N) is 2. The second-order valence-corrected chi connectivity index (χ2v) is 7.03. The molecule has 0 spiro atoms. The summed E-state index contributed by atoms with van der Waals surface area (Å²) in [5, 5.41) is 0. The summed E-state index contributed by atoms with van der Waals surface area (Å²) in [5.41, 5.74) is 6.17. The topological polar surface area (TPSA) is 50.9 Å². The fourth-order valence-electron chi connectivity index (χ4n) is 3.14. The van der Waals surface area contributed by atoms with Crippen LogP contribution in [0, 0.1) is 11.3 Å². The minimum atomic E-state index is -0.0716. The predicted octanol–water partition coefficient (Wildman–Crippen LogP) is 2.85. The number of aliphatic imine (C=N–C) groups is 1. The van der Waals surface area contributed by atoms with Crippen LogP contribution in [0.2, 0.25) is 0 Å². The van der Waals surface area contributed by atoms with Gasteiger partial charge in [0, 0.05) is 25.6 Å². The summed E-state index contributed by atoms with van der Waals surface area (Å²) in [7, 11) is 1.79. The van der Waals surface area contributed by atoms with Crippen LogP contribution in [-0.2, 0) is 4.74 Å². The highest BCUT2D eigenvalue weighted by Gasteiger charge is 2.58. The minimum Gasteiger partial charge on any atom is -0.378 e. The summed E-state index contributed by atoms with van der Waals surface area (Å²) >= 11 is 0. The van der Waals surface area contributed by atoms with E-state index in [1.807, 2.05) is 0 Å². The highest BCUT2D eigenvalue weighted by atomic mass is 127. The summed E-state index contributed by atoms with van der Waals surface area (Å²) in [6.07, 6.45) is 3.40. The van der Waals surface area contributed by atoms with Crippen molar-refractivity contribution >= 4 is 29.9 Å². The first-order valence-corrected chi connectivity index (χ1v) is 7.43. The SMILES string of the molecule is COC1(C)CC(N=C(N)N2CCC(C)CC2)C1(C)C.I. The van der Waals surface area contributed by atoms with Crippen molar-refractivity contribution in [2.45, 2.75) is 58.6 Å².